The summed E-state index contributed by atoms with van der Waals surface area (Å²) in [6.45, 7) is 1.56. The first-order chi connectivity index (χ1) is 3.06. The molecular weight excluding hydrogens is 190 g/mol. The van der Waals surface area contributed by atoms with Crippen LogP contribution in [0.5, 0.6) is 0 Å². The van der Waals surface area contributed by atoms with Crippen LogP contribution < -0.4 is 24.8 Å². The molecular formula is C2H7Cl2O4P-2. The maximum Gasteiger partial charge on any atom is 0.469 e. The molecule has 2 N–H and O–H groups in total. The van der Waals surface area contributed by atoms with Crippen LogP contribution in [0, 0.1) is 0 Å². The molecule has 0 radical (unpaired) electrons. The number of phosphoric acid groups is 1. The number of halogens is 2. The Morgan fingerprint density at radius 2 is 1.78 bits per heavy atom. The van der Waals surface area contributed by atoms with Gasteiger partial charge in [0.1, 0.15) is 0 Å². The monoisotopic (exact) mass is 196 g/mol. The predicted molar refractivity (Wildman–Crippen MR) is 23.7 cm³/mol. The van der Waals surface area contributed by atoms with E-state index in [2.05, 4.69) is 4.52 Å². The summed E-state index contributed by atoms with van der Waals surface area (Å²) in [5, 5.41) is 0. The van der Waals surface area contributed by atoms with Crippen molar-refractivity contribution in [2.45, 2.75) is 6.92 Å². The fourth-order valence-corrected chi connectivity index (χ4v) is 0.505. The van der Waals surface area contributed by atoms with E-state index in [0.29, 0.717) is 0 Å². The van der Waals surface area contributed by atoms with Crippen LogP contribution in [-0.2, 0) is 9.09 Å². The van der Waals surface area contributed by atoms with Gasteiger partial charge in [0.25, 0.3) is 0 Å². The molecule has 0 aromatic carbocycles. The molecule has 0 spiro atoms. The first kappa shape index (κ1) is 16.3. The Hall–Kier alpha value is 0.690. The number of hydrogen-bond acceptors (Lipinski definition) is 2. The zero-order chi connectivity index (χ0) is 5.91. The predicted octanol–water partition coefficient (Wildman–Crippen LogP) is -5.88. The molecule has 0 fully saturated rings. The summed E-state index contributed by atoms with van der Waals surface area (Å²) in [6.07, 6.45) is 0. The van der Waals surface area contributed by atoms with Crippen LogP contribution in [0.2, 0.25) is 0 Å². The van der Waals surface area contributed by atoms with Gasteiger partial charge >= 0.3 is 7.82 Å². The molecule has 0 aromatic rings. The zero-order valence-electron chi connectivity index (χ0n) is 4.62. The van der Waals surface area contributed by atoms with Gasteiger partial charge in [0.15, 0.2) is 0 Å². The second-order valence-electron chi connectivity index (χ2n) is 0.908. The highest BCUT2D eigenvalue weighted by Gasteiger charge is 2.10. The van der Waals surface area contributed by atoms with Crippen LogP contribution in [0.3, 0.4) is 0 Å². The highest BCUT2D eigenvalue weighted by Crippen LogP contribution is 2.34. The second kappa shape index (κ2) is 6.81. The molecule has 60 valence electrons. The smallest absolute Gasteiger partial charge is 0.469 e. The summed E-state index contributed by atoms with van der Waals surface area (Å²) in [6, 6.07) is 0. The van der Waals surface area contributed by atoms with Gasteiger partial charge in [0.05, 0.1) is 6.61 Å². The van der Waals surface area contributed by atoms with Gasteiger partial charge in [-0.05, 0) is 6.92 Å². The van der Waals surface area contributed by atoms with Crippen molar-refractivity contribution in [1.29, 1.82) is 0 Å². The van der Waals surface area contributed by atoms with E-state index in [4.69, 9.17) is 9.79 Å². The highest BCUT2D eigenvalue weighted by atomic mass is 35.5. The lowest BCUT2D eigenvalue weighted by atomic mass is 10.9. The SMILES string of the molecule is CCOP(=O)(O)O.[Cl-].[Cl-]. The third-order valence-corrected chi connectivity index (χ3v) is 0.892. The minimum absolute atomic E-state index is 0. The Morgan fingerprint density at radius 1 is 1.44 bits per heavy atom. The van der Waals surface area contributed by atoms with Crippen molar-refractivity contribution >= 4 is 7.82 Å². The molecule has 0 bridgehead atoms. The number of hydrogen-bond donors (Lipinski definition) is 2. The summed E-state index contributed by atoms with van der Waals surface area (Å²) in [7, 11) is -4.17. The Labute approximate surface area is 65.7 Å². The van der Waals surface area contributed by atoms with E-state index >= 15 is 0 Å². The minimum Gasteiger partial charge on any atom is -1.00 e. The van der Waals surface area contributed by atoms with E-state index in [1.807, 2.05) is 0 Å². The molecule has 0 aliphatic heterocycles. The van der Waals surface area contributed by atoms with Crippen molar-refractivity contribution in [2.75, 3.05) is 6.61 Å². The molecule has 0 atom stereocenters. The number of phosphoric ester groups is 1. The topological polar surface area (TPSA) is 66.8 Å². The molecule has 0 heterocycles. The first-order valence-electron chi connectivity index (χ1n) is 1.76. The average molecular weight is 197 g/mol. The van der Waals surface area contributed by atoms with Crippen molar-refractivity contribution in [3.8, 4) is 0 Å². The fourth-order valence-electron chi connectivity index (χ4n) is 0.168. The van der Waals surface area contributed by atoms with Gasteiger partial charge in [-0.1, -0.05) is 0 Å². The molecule has 0 saturated heterocycles. The standard InChI is InChI=1S/C2H7O4P.2ClH/c1-2-6-7(3,4)5;;/h2H2,1H3,(H2,3,4,5);2*1H/p-2. The number of rotatable bonds is 2. The van der Waals surface area contributed by atoms with Gasteiger partial charge in [-0.25, -0.2) is 4.57 Å². The van der Waals surface area contributed by atoms with Gasteiger partial charge in [0.2, 0.25) is 0 Å². The Morgan fingerprint density at radius 3 is 1.78 bits per heavy atom. The minimum atomic E-state index is -4.17. The molecule has 0 amide bonds. The lowest BCUT2D eigenvalue weighted by Gasteiger charge is -1.98. The van der Waals surface area contributed by atoms with Gasteiger partial charge in [-0.15, -0.1) is 0 Å². The van der Waals surface area contributed by atoms with E-state index in [9.17, 15) is 4.57 Å². The van der Waals surface area contributed by atoms with Crippen LogP contribution in [0.1, 0.15) is 6.92 Å². The lowest BCUT2D eigenvalue weighted by molar-refractivity contribution is -0.00100. The normalized spacial score (nSPS) is 9.22. The molecule has 7 heteroatoms. The van der Waals surface area contributed by atoms with Crippen LogP contribution >= 0.6 is 7.82 Å². The highest BCUT2D eigenvalue weighted by molar-refractivity contribution is 7.46. The summed E-state index contributed by atoms with van der Waals surface area (Å²) < 4.78 is 13.6. The molecule has 9 heavy (non-hydrogen) atoms. The van der Waals surface area contributed by atoms with E-state index in [1.54, 1.807) is 0 Å². The quantitative estimate of drug-likeness (QED) is 0.432. The van der Waals surface area contributed by atoms with Crippen LogP contribution in [0.25, 0.3) is 0 Å². The third kappa shape index (κ3) is 17.7. The lowest BCUT2D eigenvalue weighted by Crippen LogP contribution is -3.00. The maximum atomic E-state index is 9.70. The van der Waals surface area contributed by atoms with Crippen LogP contribution in [0.4, 0.5) is 0 Å². The summed E-state index contributed by atoms with van der Waals surface area (Å²) >= 11 is 0. The molecule has 0 aromatic heterocycles. The van der Waals surface area contributed by atoms with Crippen LogP contribution in [-0.4, -0.2) is 16.4 Å². The largest absolute Gasteiger partial charge is 1.00 e. The van der Waals surface area contributed by atoms with Crippen molar-refractivity contribution in [1.82, 2.24) is 0 Å². The van der Waals surface area contributed by atoms with Gasteiger partial charge in [0, 0.05) is 0 Å². The average Bonchev–Trinajstić information content (AvgIpc) is 1.30. The maximum absolute atomic E-state index is 9.70. The van der Waals surface area contributed by atoms with Gasteiger partial charge in [-0.3, -0.25) is 4.52 Å². The summed E-state index contributed by atoms with van der Waals surface area (Å²) in [5.74, 6) is 0. The molecule has 0 saturated carbocycles. The fraction of sp³-hybridized carbons (Fsp3) is 1.00. The first-order valence-corrected chi connectivity index (χ1v) is 3.29. The van der Waals surface area contributed by atoms with Gasteiger partial charge < -0.3 is 34.6 Å². The Kier molecular flexibility index (Phi) is 12.4. The van der Waals surface area contributed by atoms with E-state index in [-0.39, 0.29) is 31.4 Å². The van der Waals surface area contributed by atoms with Crippen molar-refractivity contribution in [2.24, 2.45) is 0 Å². The van der Waals surface area contributed by atoms with Crippen molar-refractivity contribution < 1.29 is 43.7 Å². The van der Waals surface area contributed by atoms with Gasteiger partial charge in [-0.2, -0.15) is 0 Å². The van der Waals surface area contributed by atoms with Crippen molar-refractivity contribution in [3.63, 3.8) is 0 Å². The van der Waals surface area contributed by atoms with E-state index in [0.717, 1.165) is 0 Å². The third-order valence-electron chi connectivity index (χ3n) is 0.297. The summed E-state index contributed by atoms with van der Waals surface area (Å²) in [4.78, 5) is 15.8. The molecule has 0 unspecified atom stereocenters. The van der Waals surface area contributed by atoms with E-state index < -0.39 is 7.82 Å². The van der Waals surface area contributed by atoms with Crippen molar-refractivity contribution in [3.05, 3.63) is 0 Å². The molecule has 0 rings (SSSR count). The van der Waals surface area contributed by atoms with E-state index in [1.165, 1.54) is 6.92 Å². The second-order valence-corrected chi connectivity index (χ2v) is 2.15. The molecule has 4 nitrogen and oxygen atoms in total. The molecule has 0 aliphatic rings. The van der Waals surface area contributed by atoms with Crippen LogP contribution in [0.15, 0.2) is 0 Å². The zero-order valence-corrected chi connectivity index (χ0v) is 7.03. The Bertz CT molecular complexity index is 90.6. The molecule has 0 aliphatic carbocycles. The summed E-state index contributed by atoms with van der Waals surface area (Å²) in [5.41, 5.74) is 0. The Balaban J connectivity index is -0.000000180.